The Morgan fingerprint density at radius 3 is 2.07 bits per heavy atom. The molecule has 0 aliphatic heterocycles. The summed E-state index contributed by atoms with van der Waals surface area (Å²) in [6.07, 6.45) is -0.313. The van der Waals surface area contributed by atoms with Crippen LogP contribution in [0.1, 0.15) is 28.7 Å². The van der Waals surface area contributed by atoms with Crippen molar-refractivity contribution in [3.63, 3.8) is 0 Å². The number of ether oxygens (including phenoxy) is 1. The zero-order chi connectivity index (χ0) is 20.9. The topological polar surface area (TPSA) is 89.5 Å². The van der Waals surface area contributed by atoms with Crippen LogP contribution in [0.3, 0.4) is 0 Å². The average molecular weight is 404 g/mol. The minimum Gasteiger partial charge on any atom is -0.456 e. The van der Waals surface area contributed by atoms with E-state index >= 15 is 0 Å². The lowest BCUT2D eigenvalue weighted by Crippen LogP contribution is -2.23. The molecule has 0 aliphatic rings. The van der Waals surface area contributed by atoms with Crippen molar-refractivity contribution >= 4 is 27.4 Å². The van der Waals surface area contributed by atoms with Gasteiger partial charge in [-0.1, -0.05) is 35.4 Å². The van der Waals surface area contributed by atoms with Crippen molar-refractivity contribution in [3.8, 4) is 0 Å². The smallest absolute Gasteiger partial charge is 0.307 e. The van der Waals surface area contributed by atoms with Crippen LogP contribution in [0.15, 0.2) is 41.3 Å². The van der Waals surface area contributed by atoms with Crippen molar-refractivity contribution in [2.45, 2.75) is 39.0 Å². The molecule has 0 saturated heterocycles. The third-order valence-corrected chi connectivity index (χ3v) is 5.99. The quantitative estimate of drug-likeness (QED) is 0.717. The van der Waals surface area contributed by atoms with Gasteiger partial charge in [0.05, 0.1) is 17.1 Å². The van der Waals surface area contributed by atoms with Gasteiger partial charge in [0.25, 0.3) is 5.91 Å². The molecular weight excluding hydrogens is 378 g/mol. The lowest BCUT2D eigenvalue weighted by molar-refractivity contribution is -0.146. The summed E-state index contributed by atoms with van der Waals surface area (Å²) in [6.45, 7) is 7.14. The lowest BCUT2D eigenvalue weighted by Gasteiger charge is -2.13. The summed E-state index contributed by atoms with van der Waals surface area (Å²) in [5.74, 6) is -1.57. The largest absolute Gasteiger partial charge is 0.456 e. The second kappa shape index (κ2) is 9.01. The molecule has 0 radical (unpaired) electrons. The van der Waals surface area contributed by atoms with Gasteiger partial charge in [-0.2, -0.15) is 0 Å². The van der Waals surface area contributed by atoms with Crippen molar-refractivity contribution in [3.05, 3.63) is 58.7 Å². The Balaban J connectivity index is 1.85. The maximum Gasteiger partial charge on any atom is 0.307 e. The van der Waals surface area contributed by atoms with Gasteiger partial charge in [-0.05, 0) is 51.0 Å². The first-order valence-corrected chi connectivity index (χ1v) is 10.6. The molecule has 2 aromatic carbocycles. The fourth-order valence-electron chi connectivity index (χ4n) is 2.85. The number of rotatable bonds is 7. The third-order valence-electron chi connectivity index (χ3n) is 4.26. The van der Waals surface area contributed by atoms with Gasteiger partial charge in [-0.25, -0.2) is 8.42 Å². The summed E-state index contributed by atoms with van der Waals surface area (Å²) in [4.78, 5) is 24.1. The van der Waals surface area contributed by atoms with Crippen molar-refractivity contribution in [1.29, 1.82) is 0 Å². The normalized spacial score (nSPS) is 11.1. The van der Waals surface area contributed by atoms with Gasteiger partial charge in [0.1, 0.15) is 0 Å². The number of sulfone groups is 1. The zero-order valence-electron chi connectivity index (χ0n) is 16.5. The van der Waals surface area contributed by atoms with E-state index in [4.69, 9.17) is 4.74 Å². The molecule has 0 bridgehead atoms. The predicted octanol–water partition coefficient (Wildman–Crippen LogP) is 3.27. The van der Waals surface area contributed by atoms with Crippen LogP contribution in [0.4, 0.5) is 5.69 Å². The van der Waals surface area contributed by atoms with Crippen LogP contribution in [0, 0.1) is 27.7 Å². The summed E-state index contributed by atoms with van der Waals surface area (Å²) in [6, 6.07) is 10.3. The Bertz CT molecular complexity index is 955. The number of anilines is 1. The van der Waals surface area contributed by atoms with Crippen molar-refractivity contribution in [2.24, 2.45) is 0 Å². The average Bonchev–Trinajstić information content (AvgIpc) is 2.61. The van der Waals surface area contributed by atoms with E-state index in [1.165, 1.54) is 12.1 Å². The monoisotopic (exact) mass is 403 g/mol. The number of benzene rings is 2. The first-order valence-electron chi connectivity index (χ1n) is 8.91. The number of amides is 1. The van der Waals surface area contributed by atoms with Gasteiger partial charge in [-0.3, -0.25) is 9.59 Å². The molecule has 2 aromatic rings. The Morgan fingerprint density at radius 2 is 1.50 bits per heavy atom. The Kier molecular flexibility index (Phi) is 6.96. The second-order valence-corrected chi connectivity index (χ2v) is 8.97. The molecule has 0 fully saturated rings. The molecule has 0 unspecified atom stereocenters. The number of esters is 1. The molecule has 1 N–H and O–H groups in total. The predicted molar refractivity (Wildman–Crippen MR) is 108 cm³/mol. The molecule has 0 atom stereocenters. The number of hydrogen-bond acceptors (Lipinski definition) is 5. The van der Waals surface area contributed by atoms with E-state index in [-0.39, 0.29) is 17.1 Å². The lowest BCUT2D eigenvalue weighted by atomic mass is 10.1. The number of hydrogen-bond donors (Lipinski definition) is 1. The molecule has 0 spiro atoms. The highest BCUT2D eigenvalue weighted by atomic mass is 32.2. The van der Waals surface area contributed by atoms with E-state index in [1.54, 1.807) is 12.1 Å². The number of aryl methyl sites for hydroxylation is 4. The van der Waals surface area contributed by atoms with Crippen LogP contribution in [0.2, 0.25) is 0 Å². The number of carbonyl (C=O) groups is 2. The van der Waals surface area contributed by atoms with E-state index in [2.05, 4.69) is 5.32 Å². The summed E-state index contributed by atoms with van der Waals surface area (Å²) in [7, 11) is -3.58. The van der Waals surface area contributed by atoms with Crippen LogP contribution >= 0.6 is 0 Å². The van der Waals surface area contributed by atoms with Crippen LogP contribution in [0.25, 0.3) is 0 Å². The number of nitrogens with one attached hydrogen (secondary N) is 1. The van der Waals surface area contributed by atoms with Crippen LogP contribution in [0.5, 0.6) is 0 Å². The first-order chi connectivity index (χ1) is 13.1. The minimum absolute atomic E-state index is 0.161. The summed E-state index contributed by atoms with van der Waals surface area (Å²) in [5, 5.41) is 2.73. The third kappa shape index (κ3) is 5.92. The highest BCUT2D eigenvalue weighted by Crippen LogP contribution is 2.21. The van der Waals surface area contributed by atoms with Crippen LogP contribution in [-0.4, -0.2) is 32.7 Å². The first kappa shape index (κ1) is 21.6. The molecule has 0 aliphatic carbocycles. The summed E-state index contributed by atoms with van der Waals surface area (Å²) < 4.78 is 29.4. The Hall–Kier alpha value is -2.67. The standard InChI is InChI=1S/C21H25NO5S/c1-14-5-7-18(8-6-14)28(25,26)10-9-20(24)27-13-19(23)22-21-16(3)11-15(2)12-17(21)4/h5-8,11-12H,9-10,13H2,1-4H3,(H,22,23). The summed E-state index contributed by atoms with van der Waals surface area (Å²) in [5.41, 5.74) is 4.56. The molecule has 0 heterocycles. The van der Waals surface area contributed by atoms with Gasteiger partial charge in [-0.15, -0.1) is 0 Å². The second-order valence-electron chi connectivity index (χ2n) is 6.86. The fraction of sp³-hybridized carbons (Fsp3) is 0.333. The van der Waals surface area contributed by atoms with E-state index in [0.717, 1.165) is 22.3 Å². The van der Waals surface area contributed by atoms with Crippen molar-refractivity contribution in [2.75, 3.05) is 17.7 Å². The van der Waals surface area contributed by atoms with Crippen molar-refractivity contribution < 1.29 is 22.7 Å². The Labute approximate surface area is 165 Å². The van der Waals surface area contributed by atoms with Gasteiger partial charge in [0.2, 0.25) is 0 Å². The summed E-state index contributed by atoms with van der Waals surface area (Å²) >= 11 is 0. The SMILES string of the molecule is Cc1ccc(S(=O)(=O)CCC(=O)OCC(=O)Nc2c(C)cc(C)cc2C)cc1. The van der Waals surface area contributed by atoms with Crippen LogP contribution < -0.4 is 5.32 Å². The zero-order valence-corrected chi connectivity index (χ0v) is 17.4. The minimum atomic E-state index is -3.58. The van der Waals surface area contributed by atoms with Crippen molar-refractivity contribution in [1.82, 2.24) is 0 Å². The van der Waals surface area contributed by atoms with Gasteiger partial charge >= 0.3 is 5.97 Å². The molecule has 1 amide bonds. The molecule has 150 valence electrons. The highest BCUT2D eigenvalue weighted by molar-refractivity contribution is 7.91. The van der Waals surface area contributed by atoms with Gasteiger partial charge < -0.3 is 10.1 Å². The fourth-order valence-corrected chi connectivity index (χ4v) is 4.07. The number of carbonyl (C=O) groups excluding carboxylic acids is 2. The van der Waals surface area contributed by atoms with E-state index in [9.17, 15) is 18.0 Å². The molecular formula is C21H25NO5S. The van der Waals surface area contributed by atoms with E-state index < -0.39 is 28.3 Å². The molecule has 6 nitrogen and oxygen atoms in total. The molecule has 0 saturated carbocycles. The molecule has 0 aromatic heterocycles. The van der Waals surface area contributed by atoms with Gasteiger partial charge in [0, 0.05) is 5.69 Å². The Morgan fingerprint density at radius 1 is 0.929 bits per heavy atom. The molecule has 28 heavy (non-hydrogen) atoms. The maximum absolute atomic E-state index is 12.2. The molecule has 2 rings (SSSR count). The maximum atomic E-state index is 12.2. The highest BCUT2D eigenvalue weighted by Gasteiger charge is 2.18. The van der Waals surface area contributed by atoms with E-state index in [1.807, 2.05) is 39.8 Å². The van der Waals surface area contributed by atoms with Crippen LogP contribution in [-0.2, 0) is 24.2 Å². The molecule has 7 heteroatoms. The van der Waals surface area contributed by atoms with Gasteiger partial charge in [0.15, 0.2) is 16.4 Å². The van der Waals surface area contributed by atoms with E-state index in [0.29, 0.717) is 5.69 Å².